The number of aliphatic hydroxyl groups is 2. The number of carboxylic acids is 3. The summed E-state index contributed by atoms with van der Waals surface area (Å²) in [5, 5.41) is 50.1. The highest BCUT2D eigenvalue weighted by Crippen LogP contribution is 1.99. The topological polar surface area (TPSA) is 266 Å². The minimum Gasteiger partial charge on any atom is -0.481 e. The maximum Gasteiger partial charge on any atom is 0.326 e. The lowest BCUT2D eigenvalue weighted by Crippen LogP contribution is -2.58. The van der Waals surface area contributed by atoms with Crippen molar-refractivity contribution in [3.63, 3.8) is 0 Å². The zero-order valence-corrected chi connectivity index (χ0v) is 14.9. The van der Waals surface area contributed by atoms with Crippen molar-refractivity contribution in [1.82, 2.24) is 16.0 Å². The average Bonchev–Trinajstić information content (AvgIpc) is 2.62. The summed E-state index contributed by atoms with van der Waals surface area (Å²) < 4.78 is 0. The molecule has 0 heterocycles. The largest absolute Gasteiger partial charge is 0.481 e. The first-order chi connectivity index (χ1) is 13.4. The van der Waals surface area contributed by atoms with Gasteiger partial charge in [-0.2, -0.15) is 0 Å². The number of nitrogens with two attached hydrogens (primary N) is 1. The van der Waals surface area contributed by atoms with Gasteiger partial charge >= 0.3 is 17.9 Å². The highest BCUT2D eigenvalue weighted by Gasteiger charge is 2.31. The molecule has 0 saturated carbocycles. The zero-order valence-electron chi connectivity index (χ0n) is 14.9. The summed E-state index contributed by atoms with van der Waals surface area (Å²) in [6.45, 7) is -1.85. The number of nitrogens with one attached hydrogen (secondary N) is 3. The Morgan fingerprint density at radius 1 is 0.655 bits per heavy atom. The Labute approximate surface area is 162 Å². The fraction of sp³-hybridized carbons (Fsp3) is 0.571. The Morgan fingerprint density at radius 3 is 1.48 bits per heavy atom. The standard InChI is InChI=1S/C14H22N4O11/c15-5(3-19)11(25)16-6(1-9(21)22)12(26)18-8(4-20)13(27)17-7(14(28)29)2-10(23)24/h5-8,19-20H,1-4,15H2,(H,16,25)(H,17,27)(H,18,26)(H,21,22)(H,23,24)(H,28,29)/t5-,6-,7-,8-/m0/s1. The van der Waals surface area contributed by atoms with Gasteiger partial charge in [-0.25, -0.2) is 4.79 Å². The number of carbonyl (C=O) groups excluding carboxylic acids is 3. The van der Waals surface area contributed by atoms with Gasteiger partial charge < -0.3 is 47.2 Å². The maximum atomic E-state index is 12.2. The predicted octanol–water partition coefficient (Wildman–Crippen LogP) is -5.21. The number of hydrogen-bond donors (Lipinski definition) is 9. The molecule has 0 unspecified atom stereocenters. The zero-order chi connectivity index (χ0) is 22.7. The number of rotatable bonds is 13. The second kappa shape index (κ2) is 12.2. The van der Waals surface area contributed by atoms with Gasteiger partial charge in [0.1, 0.15) is 24.2 Å². The summed E-state index contributed by atoms with van der Waals surface area (Å²) >= 11 is 0. The molecule has 0 aromatic heterocycles. The monoisotopic (exact) mass is 422 g/mol. The molecule has 3 amide bonds. The molecule has 0 aliphatic carbocycles. The molecule has 0 bridgehead atoms. The van der Waals surface area contributed by atoms with Crippen LogP contribution in [0.2, 0.25) is 0 Å². The van der Waals surface area contributed by atoms with Crippen LogP contribution in [0.4, 0.5) is 0 Å². The molecule has 10 N–H and O–H groups in total. The van der Waals surface area contributed by atoms with Crippen molar-refractivity contribution in [2.24, 2.45) is 5.73 Å². The average molecular weight is 422 g/mol. The third kappa shape index (κ3) is 9.45. The molecule has 0 radical (unpaired) electrons. The van der Waals surface area contributed by atoms with Crippen LogP contribution in [0.15, 0.2) is 0 Å². The molecule has 0 aromatic rings. The summed E-state index contributed by atoms with van der Waals surface area (Å²) in [6, 6.07) is -6.84. The Kier molecular flexibility index (Phi) is 10.8. The Bertz CT molecular complexity index is 653. The first-order valence-corrected chi connectivity index (χ1v) is 7.97. The van der Waals surface area contributed by atoms with Gasteiger partial charge in [0.05, 0.1) is 26.1 Å². The molecule has 0 rings (SSSR count). The number of carboxylic acid groups (broad SMARTS) is 3. The molecule has 29 heavy (non-hydrogen) atoms. The van der Waals surface area contributed by atoms with Crippen LogP contribution in [-0.2, 0) is 28.8 Å². The lowest BCUT2D eigenvalue weighted by Gasteiger charge is -2.23. The van der Waals surface area contributed by atoms with E-state index in [0.717, 1.165) is 0 Å². The Balaban J connectivity index is 5.23. The minimum atomic E-state index is -1.86. The van der Waals surface area contributed by atoms with Gasteiger partial charge in [0, 0.05) is 0 Å². The van der Waals surface area contributed by atoms with Crippen molar-refractivity contribution in [2.45, 2.75) is 37.0 Å². The van der Waals surface area contributed by atoms with Crippen LogP contribution in [0.5, 0.6) is 0 Å². The molecule has 0 aromatic carbocycles. The van der Waals surface area contributed by atoms with Crippen LogP contribution in [0.1, 0.15) is 12.8 Å². The summed E-state index contributed by atoms with van der Waals surface area (Å²) in [7, 11) is 0. The van der Waals surface area contributed by atoms with Gasteiger partial charge in [0.2, 0.25) is 17.7 Å². The van der Waals surface area contributed by atoms with Crippen LogP contribution in [-0.4, -0.2) is 98.5 Å². The fourth-order valence-corrected chi connectivity index (χ4v) is 1.86. The predicted molar refractivity (Wildman–Crippen MR) is 90.1 cm³/mol. The van der Waals surface area contributed by atoms with Crippen LogP contribution in [0, 0.1) is 0 Å². The lowest BCUT2D eigenvalue weighted by atomic mass is 10.1. The van der Waals surface area contributed by atoms with Crippen molar-refractivity contribution < 1.29 is 54.3 Å². The van der Waals surface area contributed by atoms with E-state index in [1.54, 1.807) is 5.32 Å². The Morgan fingerprint density at radius 2 is 1.07 bits per heavy atom. The van der Waals surface area contributed by atoms with E-state index in [1.165, 1.54) is 0 Å². The summed E-state index contributed by atoms with van der Waals surface area (Å²) in [5.41, 5.74) is 5.25. The smallest absolute Gasteiger partial charge is 0.326 e. The van der Waals surface area contributed by atoms with Crippen molar-refractivity contribution in [3.05, 3.63) is 0 Å². The normalized spacial score (nSPS) is 14.6. The van der Waals surface area contributed by atoms with Gasteiger partial charge in [0.15, 0.2) is 0 Å². The van der Waals surface area contributed by atoms with Gasteiger partial charge in [-0.05, 0) is 0 Å². The molecule has 0 spiro atoms. The van der Waals surface area contributed by atoms with Crippen molar-refractivity contribution in [2.75, 3.05) is 13.2 Å². The van der Waals surface area contributed by atoms with E-state index in [4.69, 9.17) is 26.2 Å². The van der Waals surface area contributed by atoms with E-state index in [9.17, 15) is 33.9 Å². The van der Waals surface area contributed by atoms with Crippen LogP contribution in [0.25, 0.3) is 0 Å². The number of aliphatic carboxylic acids is 3. The molecule has 164 valence electrons. The first-order valence-electron chi connectivity index (χ1n) is 7.97. The van der Waals surface area contributed by atoms with E-state index in [-0.39, 0.29) is 0 Å². The van der Waals surface area contributed by atoms with Crippen LogP contribution < -0.4 is 21.7 Å². The molecule has 0 fully saturated rings. The molecule has 0 saturated heterocycles. The first kappa shape index (κ1) is 25.7. The number of carbonyl (C=O) groups is 6. The van der Waals surface area contributed by atoms with Gasteiger partial charge in [-0.15, -0.1) is 0 Å². The lowest BCUT2D eigenvalue weighted by molar-refractivity contribution is -0.147. The van der Waals surface area contributed by atoms with E-state index in [0.29, 0.717) is 0 Å². The molecule has 4 atom stereocenters. The quantitative estimate of drug-likeness (QED) is 0.135. The van der Waals surface area contributed by atoms with E-state index in [2.05, 4.69) is 0 Å². The third-order valence-electron chi connectivity index (χ3n) is 3.35. The SMILES string of the molecule is N[C@@H](CO)C(=O)N[C@@H](CC(=O)O)C(=O)N[C@@H](CO)C(=O)N[C@@H](CC(=O)O)C(=O)O. The van der Waals surface area contributed by atoms with Crippen molar-refractivity contribution in [3.8, 4) is 0 Å². The number of hydrogen-bond acceptors (Lipinski definition) is 9. The fourth-order valence-electron chi connectivity index (χ4n) is 1.86. The Hall–Kier alpha value is -3.30. The van der Waals surface area contributed by atoms with E-state index in [1.807, 2.05) is 10.6 Å². The van der Waals surface area contributed by atoms with Gasteiger partial charge in [-0.1, -0.05) is 0 Å². The maximum absolute atomic E-state index is 12.2. The van der Waals surface area contributed by atoms with E-state index >= 15 is 0 Å². The van der Waals surface area contributed by atoms with Gasteiger partial charge in [0.25, 0.3) is 0 Å². The summed E-state index contributed by atoms with van der Waals surface area (Å²) in [6.07, 6.45) is -1.92. The van der Waals surface area contributed by atoms with Crippen molar-refractivity contribution in [1.29, 1.82) is 0 Å². The molecule has 15 nitrogen and oxygen atoms in total. The van der Waals surface area contributed by atoms with Crippen LogP contribution in [0.3, 0.4) is 0 Å². The second-order valence-electron chi connectivity index (χ2n) is 5.69. The molecular weight excluding hydrogens is 400 g/mol. The highest BCUT2D eigenvalue weighted by molar-refractivity contribution is 5.96. The van der Waals surface area contributed by atoms with E-state index < -0.39 is 85.9 Å². The highest BCUT2D eigenvalue weighted by atomic mass is 16.4. The molecular formula is C14H22N4O11. The summed E-state index contributed by atoms with van der Waals surface area (Å²) in [5.74, 6) is -8.29. The molecule has 15 heteroatoms. The number of amides is 3. The minimum absolute atomic E-state index is 0.797. The molecule has 0 aliphatic heterocycles. The summed E-state index contributed by atoms with van der Waals surface area (Å²) in [4.78, 5) is 68.4. The van der Waals surface area contributed by atoms with Crippen LogP contribution >= 0.6 is 0 Å². The van der Waals surface area contributed by atoms with Gasteiger partial charge in [-0.3, -0.25) is 24.0 Å². The third-order valence-corrected chi connectivity index (χ3v) is 3.35. The molecule has 0 aliphatic rings. The van der Waals surface area contributed by atoms with Crippen molar-refractivity contribution >= 4 is 35.6 Å². The number of aliphatic hydroxyl groups excluding tert-OH is 2. The second-order valence-corrected chi connectivity index (χ2v) is 5.69.